The van der Waals surface area contributed by atoms with E-state index in [1.807, 2.05) is 12.1 Å². The van der Waals surface area contributed by atoms with Crippen molar-refractivity contribution in [1.82, 2.24) is 5.32 Å². The molecule has 1 saturated heterocycles. The Balaban J connectivity index is 1.95. The minimum Gasteiger partial charge on any atom is -0.457 e. The van der Waals surface area contributed by atoms with E-state index in [9.17, 15) is 0 Å². The lowest BCUT2D eigenvalue weighted by atomic mass is 9.84. The fraction of sp³-hybridized carbons (Fsp3) is 0.250. The summed E-state index contributed by atoms with van der Waals surface area (Å²) >= 11 is 0. The number of ether oxygens (including phenoxy) is 1. The molecule has 0 radical (unpaired) electrons. The highest BCUT2D eigenvalue weighted by Gasteiger charge is 2.35. The van der Waals surface area contributed by atoms with Crippen molar-refractivity contribution in [2.45, 2.75) is 11.8 Å². The van der Waals surface area contributed by atoms with Crippen LogP contribution in [0.3, 0.4) is 0 Å². The molecule has 0 aromatic heterocycles. The first-order chi connectivity index (χ1) is 8.93. The monoisotopic (exact) mass is 237 g/mol. The van der Waals surface area contributed by atoms with Crippen molar-refractivity contribution >= 4 is 0 Å². The fourth-order valence-electron chi connectivity index (χ4n) is 3.21. The molecule has 1 fully saturated rings. The van der Waals surface area contributed by atoms with Crippen molar-refractivity contribution in [1.29, 1.82) is 0 Å². The molecule has 0 spiro atoms. The summed E-state index contributed by atoms with van der Waals surface area (Å²) < 4.78 is 6.11. The Morgan fingerprint density at radius 2 is 1.28 bits per heavy atom. The smallest absolute Gasteiger partial charge is 0.130 e. The second-order valence-electron chi connectivity index (χ2n) is 5.05. The molecule has 2 nitrogen and oxygen atoms in total. The predicted molar refractivity (Wildman–Crippen MR) is 71.3 cm³/mol. The zero-order valence-corrected chi connectivity index (χ0v) is 10.1. The van der Waals surface area contributed by atoms with Gasteiger partial charge in [-0.15, -0.1) is 0 Å². The molecule has 4 rings (SSSR count). The van der Waals surface area contributed by atoms with Gasteiger partial charge in [-0.25, -0.2) is 0 Å². The number of hydrogen-bond acceptors (Lipinski definition) is 2. The van der Waals surface area contributed by atoms with E-state index < -0.39 is 0 Å². The van der Waals surface area contributed by atoms with E-state index in [0.717, 1.165) is 24.6 Å². The second kappa shape index (κ2) is 3.85. The van der Waals surface area contributed by atoms with Crippen LogP contribution < -0.4 is 10.1 Å². The maximum Gasteiger partial charge on any atom is 0.130 e. The first-order valence-electron chi connectivity index (χ1n) is 6.50. The van der Waals surface area contributed by atoms with Crippen LogP contribution in [0.1, 0.15) is 23.0 Å². The summed E-state index contributed by atoms with van der Waals surface area (Å²) in [6.45, 7) is 2.08. The Bertz CT molecular complexity index is 542. The van der Waals surface area contributed by atoms with E-state index in [2.05, 4.69) is 41.7 Å². The molecule has 2 aliphatic heterocycles. The van der Waals surface area contributed by atoms with Gasteiger partial charge >= 0.3 is 0 Å². The zero-order valence-electron chi connectivity index (χ0n) is 10.1. The highest BCUT2D eigenvalue weighted by Crippen LogP contribution is 2.47. The number of para-hydroxylation sites is 2. The molecule has 2 heteroatoms. The Labute approximate surface area is 107 Å². The third kappa shape index (κ3) is 1.39. The molecule has 0 bridgehead atoms. The van der Waals surface area contributed by atoms with Gasteiger partial charge in [-0.1, -0.05) is 36.4 Å². The first kappa shape index (κ1) is 10.2. The van der Waals surface area contributed by atoms with Crippen LogP contribution >= 0.6 is 0 Å². The lowest BCUT2D eigenvalue weighted by molar-refractivity contribution is 0.476. The van der Waals surface area contributed by atoms with Gasteiger partial charge < -0.3 is 10.1 Å². The third-order valence-electron chi connectivity index (χ3n) is 4.07. The van der Waals surface area contributed by atoms with E-state index in [0.29, 0.717) is 11.8 Å². The van der Waals surface area contributed by atoms with Crippen LogP contribution in [0.4, 0.5) is 0 Å². The van der Waals surface area contributed by atoms with Crippen molar-refractivity contribution in [2.24, 2.45) is 0 Å². The van der Waals surface area contributed by atoms with Gasteiger partial charge in [0.2, 0.25) is 0 Å². The summed E-state index contributed by atoms with van der Waals surface area (Å²) in [7, 11) is 0. The Morgan fingerprint density at radius 1 is 0.778 bits per heavy atom. The maximum absolute atomic E-state index is 6.11. The van der Waals surface area contributed by atoms with Gasteiger partial charge in [-0.05, 0) is 23.3 Å². The number of fused-ring (bicyclic) bond motifs is 5. The first-order valence-corrected chi connectivity index (χ1v) is 6.50. The molecule has 2 atom stereocenters. The Morgan fingerprint density at radius 3 is 1.83 bits per heavy atom. The minimum atomic E-state index is 0.532. The average molecular weight is 237 g/mol. The number of nitrogens with one attached hydrogen (secondary N) is 1. The predicted octanol–water partition coefficient (Wildman–Crippen LogP) is 3.26. The molecule has 2 aromatic carbocycles. The standard InChI is InChI=1S/C16H15NO/c1-3-7-15-11(5-1)13-9-17-10-14(13)12-6-2-4-8-16(12)18-15/h1-8,13-14,17H,9-10H2. The molecule has 18 heavy (non-hydrogen) atoms. The molecule has 2 unspecified atom stereocenters. The van der Waals surface area contributed by atoms with E-state index in [1.165, 1.54) is 11.1 Å². The summed E-state index contributed by atoms with van der Waals surface area (Å²) in [5, 5.41) is 3.52. The lowest BCUT2D eigenvalue weighted by Crippen LogP contribution is -2.08. The molecule has 2 aromatic rings. The van der Waals surface area contributed by atoms with Gasteiger partial charge in [0.15, 0.2) is 0 Å². The van der Waals surface area contributed by atoms with Gasteiger partial charge in [0.05, 0.1) is 0 Å². The molecule has 90 valence electrons. The summed E-state index contributed by atoms with van der Waals surface area (Å²) in [4.78, 5) is 0. The van der Waals surface area contributed by atoms with E-state index in [1.54, 1.807) is 0 Å². The molecule has 0 amide bonds. The highest BCUT2D eigenvalue weighted by atomic mass is 16.5. The highest BCUT2D eigenvalue weighted by molar-refractivity contribution is 5.50. The normalized spacial score (nSPS) is 24.4. The Hall–Kier alpha value is -1.80. The summed E-state index contributed by atoms with van der Waals surface area (Å²) in [5.74, 6) is 3.09. The van der Waals surface area contributed by atoms with E-state index in [4.69, 9.17) is 4.74 Å². The van der Waals surface area contributed by atoms with Crippen LogP contribution in [0.15, 0.2) is 48.5 Å². The minimum absolute atomic E-state index is 0.532. The summed E-state index contributed by atoms with van der Waals surface area (Å²) in [6, 6.07) is 16.9. The molecule has 1 N–H and O–H groups in total. The van der Waals surface area contributed by atoms with Crippen LogP contribution in [0.5, 0.6) is 11.5 Å². The van der Waals surface area contributed by atoms with Crippen molar-refractivity contribution in [3.63, 3.8) is 0 Å². The van der Waals surface area contributed by atoms with Crippen LogP contribution in [0.25, 0.3) is 0 Å². The molecular formula is C16H15NO. The number of hydrogen-bond donors (Lipinski definition) is 1. The van der Waals surface area contributed by atoms with Crippen molar-refractivity contribution in [2.75, 3.05) is 13.1 Å². The fourth-order valence-corrected chi connectivity index (χ4v) is 3.21. The van der Waals surface area contributed by atoms with Gasteiger partial charge in [0.25, 0.3) is 0 Å². The molecule has 0 saturated carbocycles. The van der Waals surface area contributed by atoms with Crippen LogP contribution in [0.2, 0.25) is 0 Å². The van der Waals surface area contributed by atoms with Crippen LogP contribution in [0, 0.1) is 0 Å². The van der Waals surface area contributed by atoms with Crippen LogP contribution in [-0.4, -0.2) is 13.1 Å². The topological polar surface area (TPSA) is 21.3 Å². The molecule has 0 aliphatic carbocycles. The van der Waals surface area contributed by atoms with Gasteiger partial charge in [-0.2, -0.15) is 0 Å². The zero-order chi connectivity index (χ0) is 11.9. The molecule has 2 heterocycles. The quantitative estimate of drug-likeness (QED) is 0.759. The van der Waals surface area contributed by atoms with E-state index in [-0.39, 0.29) is 0 Å². The lowest BCUT2D eigenvalue weighted by Gasteiger charge is -2.16. The van der Waals surface area contributed by atoms with Crippen molar-refractivity contribution in [3.8, 4) is 11.5 Å². The third-order valence-corrected chi connectivity index (χ3v) is 4.07. The van der Waals surface area contributed by atoms with Crippen molar-refractivity contribution in [3.05, 3.63) is 59.7 Å². The second-order valence-corrected chi connectivity index (χ2v) is 5.05. The number of benzene rings is 2. The molecule has 2 aliphatic rings. The SMILES string of the molecule is c1ccc2c(c1)Oc1ccccc1C1CNCC21. The van der Waals surface area contributed by atoms with E-state index >= 15 is 0 Å². The van der Waals surface area contributed by atoms with Crippen molar-refractivity contribution < 1.29 is 4.74 Å². The maximum atomic E-state index is 6.11. The summed E-state index contributed by atoms with van der Waals surface area (Å²) in [6.07, 6.45) is 0. The Kier molecular flexibility index (Phi) is 2.17. The van der Waals surface area contributed by atoms with Gasteiger partial charge in [-0.3, -0.25) is 0 Å². The average Bonchev–Trinajstić information content (AvgIpc) is 2.84. The van der Waals surface area contributed by atoms with Gasteiger partial charge in [0, 0.05) is 24.9 Å². The number of rotatable bonds is 0. The summed E-state index contributed by atoms with van der Waals surface area (Å²) in [5.41, 5.74) is 2.67. The van der Waals surface area contributed by atoms with Gasteiger partial charge in [0.1, 0.15) is 11.5 Å². The largest absolute Gasteiger partial charge is 0.457 e. The molecular weight excluding hydrogens is 222 g/mol. The van der Waals surface area contributed by atoms with Crippen LogP contribution in [-0.2, 0) is 0 Å².